The van der Waals surface area contributed by atoms with E-state index in [1.807, 2.05) is 12.1 Å². The van der Waals surface area contributed by atoms with Gasteiger partial charge in [-0.15, -0.1) is 0 Å². The predicted molar refractivity (Wildman–Crippen MR) is 141 cm³/mol. The van der Waals surface area contributed by atoms with Crippen LogP contribution in [0.1, 0.15) is 72.7 Å². The molecule has 1 saturated carbocycles. The molecule has 38 heavy (non-hydrogen) atoms. The molecule has 1 fully saturated rings. The summed E-state index contributed by atoms with van der Waals surface area (Å²) in [5, 5.41) is 32.2. The second kappa shape index (κ2) is 10.7. The summed E-state index contributed by atoms with van der Waals surface area (Å²) in [6, 6.07) is 10.8. The highest BCUT2D eigenvalue weighted by Gasteiger charge is 2.25. The van der Waals surface area contributed by atoms with Crippen LogP contribution in [-0.2, 0) is 11.2 Å². The Morgan fingerprint density at radius 3 is 2.61 bits per heavy atom. The average Bonchev–Trinajstić information content (AvgIpc) is 3.57. The largest absolute Gasteiger partial charge is 0.508 e. The first kappa shape index (κ1) is 25.5. The quantitative estimate of drug-likeness (QED) is 0.258. The number of nitrogens with zero attached hydrogens (tertiary/aromatic N) is 2. The molecule has 9 heteroatoms. The number of aliphatic hydroxyl groups excluding tert-OH is 1. The molecule has 2 heterocycles. The van der Waals surface area contributed by atoms with E-state index in [0.29, 0.717) is 28.2 Å². The third-order valence-corrected chi connectivity index (χ3v) is 7.26. The smallest absolute Gasteiger partial charge is 0.326 e. The second-order valence-corrected chi connectivity index (χ2v) is 9.95. The zero-order valence-corrected chi connectivity index (χ0v) is 21.1. The molecule has 4 N–H and O–H groups in total. The van der Waals surface area contributed by atoms with E-state index in [1.165, 1.54) is 19.4 Å². The summed E-state index contributed by atoms with van der Waals surface area (Å²) in [7, 11) is 0. The number of carboxylic acid groups (broad SMARTS) is 1. The Hall–Kier alpha value is -4.11. The van der Waals surface area contributed by atoms with E-state index in [0.717, 1.165) is 42.6 Å². The third-order valence-electron chi connectivity index (χ3n) is 7.26. The first-order valence-corrected chi connectivity index (χ1v) is 12.9. The Morgan fingerprint density at radius 2 is 1.92 bits per heavy atom. The van der Waals surface area contributed by atoms with Gasteiger partial charge in [-0.25, -0.2) is 9.78 Å². The standard InChI is InChI=1S/C29H31N3O6/c1-17(33)22-13-18(7-10-26(22)34)14-24(29(36)37)31-28(35)19-8-9-25-23(15-19)30-27(20-11-12-38-16-20)32(25)21-5-3-2-4-6-21/h7-13,15-17,21,24,33-34H,2-6,14H2,1H3,(H,31,35)(H,36,37)/t17-,24?/m0/s1. The molecule has 1 amide bonds. The summed E-state index contributed by atoms with van der Waals surface area (Å²) in [5.74, 6) is -0.987. The van der Waals surface area contributed by atoms with Gasteiger partial charge < -0.3 is 29.6 Å². The van der Waals surface area contributed by atoms with Gasteiger partial charge in [-0.2, -0.15) is 0 Å². The summed E-state index contributed by atoms with van der Waals surface area (Å²) in [6.45, 7) is 1.51. The number of aromatic nitrogens is 2. The van der Waals surface area contributed by atoms with E-state index in [-0.39, 0.29) is 12.2 Å². The van der Waals surface area contributed by atoms with E-state index >= 15 is 0 Å². The number of phenols is 1. The number of furan rings is 1. The van der Waals surface area contributed by atoms with Crippen LogP contribution in [0.3, 0.4) is 0 Å². The number of phenolic OH excluding ortho intramolecular Hbond substituents is 1. The number of aliphatic hydroxyl groups is 1. The Balaban J connectivity index is 1.42. The zero-order chi connectivity index (χ0) is 26.8. The van der Waals surface area contributed by atoms with Gasteiger partial charge in [0.15, 0.2) is 0 Å². The Labute approximate surface area is 219 Å². The molecule has 2 atom stereocenters. The topological polar surface area (TPSA) is 138 Å². The third kappa shape index (κ3) is 5.15. The second-order valence-electron chi connectivity index (χ2n) is 9.95. The van der Waals surface area contributed by atoms with Gasteiger partial charge in [-0.1, -0.05) is 25.3 Å². The highest BCUT2D eigenvalue weighted by Crippen LogP contribution is 2.36. The van der Waals surface area contributed by atoms with E-state index in [1.54, 1.807) is 36.8 Å². The molecular weight excluding hydrogens is 486 g/mol. The highest BCUT2D eigenvalue weighted by molar-refractivity contribution is 5.99. The summed E-state index contributed by atoms with van der Waals surface area (Å²) in [5.41, 5.74) is 3.63. The van der Waals surface area contributed by atoms with Crippen LogP contribution in [0.25, 0.3) is 22.4 Å². The van der Waals surface area contributed by atoms with Crippen LogP contribution in [0.4, 0.5) is 0 Å². The Kier molecular flexibility index (Phi) is 7.20. The number of nitrogens with one attached hydrogen (secondary N) is 1. The zero-order valence-electron chi connectivity index (χ0n) is 21.1. The van der Waals surface area contributed by atoms with Gasteiger partial charge >= 0.3 is 5.97 Å². The number of imidazole rings is 1. The molecule has 4 aromatic rings. The van der Waals surface area contributed by atoms with E-state index < -0.39 is 24.0 Å². The van der Waals surface area contributed by atoms with Crippen molar-refractivity contribution < 1.29 is 29.3 Å². The minimum Gasteiger partial charge on any atom is -0.508 e. The highest BCUT2D eigenvalue weighted by atomic mass is 16.4. The molecule has 9 nitrogen and oxygen atoms in total. The van der Waals surface area contributed by atoms with Crippen LogP contribution < -0.4 is 5.32 Å². The monoisotopic (exact) mass is 517 g/mol. The number of carbonyl (C=O) groups excluding carboxylic acids is 1. The van der Waals surface area contributed by atoms with Crippen LogP contribution in [0.2, 0.25) is 0 Å². The van der Waals surface area contributed by atoms with Crippen LogP contribution in [0.15, 0.2) is 59.4 Å². The van der Waals surface area contributed by atoms with E-state index in [4.69, 9.17) is 9.40 Å². The van der Waals surface area contributed by atoms with Crippen molar-refractivity contribution in [3.63, 3.8) is 0 Å². The molecule has 0 radical (unpaired) electrons. The molecule has 1 aliphatic rings. The maximum atomic E-state index is 13.1. The van der Waals surface area contributed by atoms with Crippen molar-refractivity contribution in [2.75, 3.05) is 0 Å². The van der Waals surface area contributed by atoms with Crippen molar-refractivity contribution in [2.24, 2.45) is 0 Å². The first-order valence-electron chi connectivity index (χ1n) is 12.9. The van der Waals surface area contributed by atoms with Crippen molar-refractivity contribution in [3.8, 4) is 17.1 Å². The number of amides is 1. The summed E-state index contributed by atoms with van der Waals surface area (Å²) in [6.07, 6.45) is 8.02. The number of fused-ring (bicyclic) bond motifs is 1. The number of benzene rings is 2. The van der Waals surface area contributed by atoms with Gasteiger partial charge in [-0.05, 0) is 61.7 Å². The molecule has 1 aliphatic carbocycles. The predicted octanol–water partition coefficient (Wildman–Crippen LogP) is 4.99. The molecule has 0 aliphatic heterocycles. The van der Waals surface area contributed by atoms with Gasteiger partial charge in [0.05, 0.1) is 29.0 Å². The van der Waals surface area contributed by atoms with Gasteiger partial charge in [0.1, 0.15) is 23.9 Å². The van der Waals surface area contributed by atoms with Crippen molar-refractivity contribution in [1.29, 1.82) is 0 Å². The molecule has 2 aromatic heterocycles. The fourth-order valence-electron chi connectivity index (χ4n) is 5.29. The van der Waals surface area contributed by atoms with Crippen molar-refractivity contribution in [3.05, 3.63) is 71.7 Å². The van der Waals surface area contributed by atoms with Crippen LogP contribution in [0, 0.1) is 0 Å². The van der Waals surface area contributed by atoms with Crippen molar-refractivity contribution in [2.45, 2.75) is 63.6 Å². The number of carbonyl (C=O) groups is 2. The number of carboxylic acids is 1. The van der Waals surface area contributed by atoms with Crippen LogP contribution in [-0.4, -0.2) is 42.8 Å². The molecule has 198 valence electrons. The van der Waals surface area contributed by atoms with E-state index in [2.05, 4.69) is 9.88 Å². The number of hydrogen-bond acceptors (Lipinski definition) is 6. The molecule has 1 unspecified atom stereocenters. The Morgan fingerprint density at radius 1 is 1.13 bits per heavy atom. The van der Waals surface area contributed by atoms with Crippen molar-refractivity contribution in [1.82, 2.24) is 14.9 Å². The molecule has 0 saturated heterocycles. The van der Waals surface area contributed by atoms with E-state index in [9.17, 15) is 24.9 Å². The Bertz CT molecular complexity index is 1450. The first-order chi connectivity index (χ1) is 18.3. The lowest BCUT2D eigenvalue weighted by Crippen LogP contribution is -2.42. The van der Waals surface area contributed by atoms with Crippen molar-refractivity contribution >= 4 is 22.9 Å². The normalized spacial score (nSPS) is 15.8. The molecular formula is C29H31N3O6. The number of hydrogen-bond donors (Lipinski definition) is 4. The summed E-state index contributed by atoms with van der Waals surface area (Å²) in [4.78, 5) is 30.0. The number of aliphatic carboxylic acids is 1. The minimum absolute atomic E-state index is 0.00966. The lowest BCUT2D eigenvalue weighted by molar-refractivity contribution is -0.139. The summed E-state index contributed by atoms with van der Waals surface area (Å²) < 4.78 is 7.55. The number of rotatable bonds is 8. The fourth-order valence-corrected chi connectivity index (χ4v) is 5.29. The molecule has 5 rings (SSSR count). The lowest BCUT2D eigenvalue weighted by Gasteiger charge is -2.25. The van der Waals surface area contributed by atoms with Crippen LogP contribution >= 0.6 is 0 Å². The SMILES string of the molecule is C[C@H](O)c1cc(CC(NC(=O)c2ccc3c(c2)nc(-c2ccoc2)n3C2CCCCC2)C(=O)O)ccc1O. The number of aromatic hydroxyl groups is 1. The van der Waals surface area contributed by atoms with Gasteiger partial charge in [-0.3, -0.25) is 4.79 Å². The average molecular weight is 518 g/mol. The fraction of sp³-hybridized carbons (Fsp3) is 0.345. The maximum Gasteiger partial charge on any atom is 0.326 e. The molecule has 0 spiro atoms. The summed E-state index contributed by atoms with van der Waals surface area (Å²) >= 11 is 0. The van der Waals surface area contributed by atoms with Gasteiger partial charge in [0.2, 0.25) is 0 Å². The molecule has 0 bridgehead atoms. The van der Waals surface area contributed by atoms with Gasteiger partial charge in [0, 0.05) is 23.6 Å². The lowest BCUT2D eigenvalue weighted by atomic mass is 9.95. The van der Waals surface area contributed by atoms with Crippen LogP contribution in [0.5, 0.6) is 5.75 Å². The minimum atomic E-state index is -1.20. The van der Waals surface area contributed by atoms with Gasteiger partial charge in [0.25, 0.3) is 5.91 Å². The maximum absolute atomic E-state index is 13.1. The molecule has 2 aromatic carbocycles.